The average Bonchev–Trinajstić information content (AvgIpc) is 4.01. The van der Waals surface area contributed by atoms with E-state index in [0.717, 1.165) is 11.8 Å². The van der Waals surface area contributed by atoms with Gasteiger partial charge in [0.25, 0.3) is 0 Å². The van der Waals surface area contributed by atoms with Gasteiger partial charge in [0.05, 0.1) is 33.4 Å². The molecule has 12 aromatic rings. The Bertz CT molecular complexity index is 4210. The molecule has 1 spiro atoms. The van der Waals surface area contributed by atoms with Gasteiger partial charge in [-0.05, 0) is 167 Å². The largest absolute Gasteiger partial charge is 0.309 e. The fourth-order valence-electron chi connectivity index (χ4n) is 15.3. The molecule has 5 atom stereocenters. The second-order valence-corrected chi connectivity index (χ2v) is 22.0. The summed E-state index contributed by atoms with van der Waals surface area (Å²) in [4.78, 5) is 0. The molecule has 0 saturated heterocycles. The first-order chi connectivity index (χ1) is 34.8. The standard InChI is InChI=1S/C69H56N2/c1-41-24-28-58-60(34-41)59(49-27-29-53-52-17-7-10-20-61(52)69(62(53)38-49)44(4)36-45-32-42(2)33-50(69)37-45)35-43(3)68(58)71-65-22-12-9-19-55(65)57-31-26-48(40-67(57)71)47-25-30-56-54-18-8-11-21-64(54)70(66(56)39-47)63-23-13-15-46-14-5-6-16-51(46)63/h5-31,34-35,38-40,42,44-45,50H,32-33,36-37H2,1-4H3. The lowest BCUT2D eigenvalue weighted by atomic mass is 9.49. The molecule has 2 saturated carbocycles. The molecule has 2 nitrogen and oxygen atoms in total. The van der Waals surface area contributed by atoms with Gasteiger partial charge in [-0.15, -0.1) is 0 Å². The van der Waals surface area contributed by atoms with Crippen LogP contribution in [0.5, 0.6) is 0 Å². The van der Waals surface area contributed by atoms with Crippen LogP contribution < -0.4 is 0 Å². The van der Waals surface area contributed by atoms with Gasteiger partial charge in [-0.2, -0.15) is 0 Å². The normalized spacial score (nSPS) is 20.5. The highest BCUT2D eigenvalue weighted by molar-refractivity contribution is 6.14. The number of fused-ring (bicyclic) bond motifs is 16. The van der Waals surface area contributed by atoms with Crippen molar-refractivity contribution in [3.8, 4) is 44.8 Å². The number of nitrogens with zero attached hydrogens (tertiary/aromatic N) is 2. The maximum atomic E-state index is 2.66. The van der Waals surface area contributed by atoms with E-state index < -0.39 is 0 Å². The molecule has 2 heterocycles. The maximum absolute atomic E-state index is 2.66. The molecule has 2 fully saturated rings. The van der Waals surface area contributed by atoms with Crippen LogP contribution in [0.3, 0.4) is 0 Å². The summed E-state index contributed by atoms with van der Waals surface area (Å²) in [7, 11) is 0. The zero-order chi connectivity index (χ0) is 47.3. The van der Waals surface area contributed by atoms with E-state index in [0.29, 0.717) is 11.8 Å². The third-order valence-electron chi connectivity index (χ3n) is 18.0. The molecule has 2 bridgehead atoms. The van der Waals surface area contributed by atoms with Crippen LogP contribution in [0, 0.1) is 37.5 Å². The predicted octanol–water partition coefficient (Wildman–Crippen LogP) is 18.5. The number of aryl methyl sites for hydroxylation is 2. The molecule has 0 amide bonds. The lowest BCUT2D eigenvalue weighted by Gasteiger charge is -2.54. The topological polar surface area (TPSA) is 9.86 Å². The zero-order valence-corrected chi connectivity index (χ0v) is 41.0. The number of benzene rings is 10. The number of rotatable bonds is 4. The Kier molecular flexibility index (Phi) is 8.78. The van der Waals surface area contributed by atoms with E-state index in [1.165, 1.54) is 147 Å². The van der Waals surface area contributed by atoms with Gasteiger partial charge in [-0.3, -0.25) is 0 Å². The summed E-state index contributed by atoms with van der Waals surface area (Å²) in [5, 5.41) is 10.2. The van der Waals surface area contributed by atoms with Crippen LogP contribution in [0.1, 0.15) is 61.8 Å². The Morgan fingerprint density at radius 3 is 1.82 bits per heavy atom. The van der Waals surface area contributed by atoms with Crippen LogP contribution in [0.2, 0.25) is 0 Å². The lowest BCUT2D eigenvalue weighted by Crippen LogP contribution is -2.49. The van der Waals surface area contributed by atoms with Crippen molar-refractivity contribution in [3.63, 3.8) is 0 Å². The Morgan fingerprint density at radius 1 is 0.408 bits per heavy atom. The molecule has 15 rings (SSSR count). The summed E-state index contributed by atoms with van der Waals surface area (Å²) in [6.45, 7) is 9.71. The van der Waals surface area contributed by atoms with E-state index in [2.05, 4.69) is 231 Å². The van der Waals surface area contributed by atoms with Crippen LogP contribution in [0.4, 0.5) is 0 Å². The minimum absolute atomic E-state index is 0.0471. The van der Waals surface area contributed by atoms with Crippen molar-refractivity contribution in [2.75, 3.05) is 0 Å². The molecule has 10 aromatic carbocycles. The summed E-state index contributed by atoms with van der Waals surface area (Å²) in [5.74, 6) is 2.88. The van der Waals surface area contributed by atoms with Gasteiger partial charge in [0.2, 0.25) is 0 Å². The maximum Gasteiger partial charge on any atom is 0.0570 e. The first-order valence-electron chi connectivity index (χ1n) is 26.2. The van der Waals surface area contributed by atoms with E-state index in [9.17, 15) is 0 Å². The minimum atomic E-state index is 0.0471. The Labute approximate surface area is 415 Å². The highest BCUT2D eigenvalue weighted by Crippen LogP contribution is 2.65. The molecule has 2 heteroatoms. The molecule has 3 aliphatic carbocycles. The monoisotopic (exact) mass is 912 g/mol. The molecule has 71 heavy (non-hydrogen) atoms. The van der Waals surface area contributed by atoms with Crippen molar-refractivity contribution >= 4 is 65.2 Å². The number of hydrogen-bond acceptors (Lipinski definition) is 0. The molecule has 3 aliphatic rings. The number of hydrogen-bond donors (Lipinski definition) is 0. The van der Waals surface area contributed by atoms with Crippen LogP contribution in [-0.2, 0) is 5.41 Å². The van der Waals surface area contributed by atoms with Gasteiger partial charge in [0, 0.05) is 37.7 Å². The summed E-state index contributed by atoms with van der Waals surface area (Å²) in [5.41, 5.74) is 21.1. The predicted molar refractivity (Wildman–Crippen MR) is 300 cm³/mol. The molecule has 2 aromatic heterocycles. The molecular formula is C69H56N2. The summed E-state index contributed by atoms with van der Waals surface area (Å²) >= 11 is 0. The Hall–Kier alpha value is -7.68. The Balaban J connectivity index is 0.926. The van der Waals surface area contributed by atoms with Gasteiger partial charge in [-0.25, -0.2) is 0 Å². The third-order valence-corrected chi connectivity index (χ3v) is 18.0. The number of para-hydroxylation sites is 2. The van der Waals surface area contributed by atoms with Gasteiger partial charge >= 0.3 is 0 Å². The van der Waals surface area contributed by atoms with E-state index >= 15 is 0 Å². The zero-order valence-electron chi connectivity index (χ0n) is 41.0. The fraction of sp³-hybridized carbons (Fsp3) is 0.188. The summed E-state index contributed by atoms with van der Waals surface area (Å²) in [6, 6.07) is 74.3. The smallest absolute Gasteiger partial charge is 0.0570 e. The van der Waals surface area contributed by atoms with Crippen molar-refractivity contribution in [1.82, 2.24) is 9.13 Å². The molecule has 0 radical (unpaired) electrons. The quantitative estimate of drug-likeness (QED) is 0.166. The second kappa shape index (κ2) is 15.2. The van der Waals surface area contributed by atoms with Crippen molar-refractivity contribution in [2.24, 2.45) is 23.7 Å². The number of aromatic nitrogens is 2. The van der Waals surface area contributed by atoms with Gasteiger partial charge in [0.15, 0.2) is 0 Å². The highest BCUT2D eigenvalue weighted by Gasteiger charge is 2.56. The average molecular weight is 913 g/mol. The Morgan fingerprint density at radius 2 is 1.03 bits per heavy atom. The third kappa shape index (κ3) is 5.77. The van der Waals surface area contributed by atoms with E-state index in [4.69, 9.17) is 0 Å². The second-order valence-electron chi connectivity index (χ2n) is 22.0. The van der Waals surface area contributed by atoms with E-state index in [1.54, 1.807) is 11.1 Å². The lowest BCUT2D eigenvalue weighted by molar-refractivity contribution is 0.0426. The van der Waals surface area contributed by atoms with Gasteiger partial charge < -0.3 is 9.13 Å². The highest BCUT2D eigenvalue weighted by atomic mass is 15.0. The van der Waals surface area contributed by atoms with Crippen LogP contribution >= 0.6 is 0 Å². The molecule has 5 unspecified atom stereocenters. The van der Waals surface area contributed by atoms with Crippen molar-refractivity contribution in [3.05, 3.63) is 216 Å². The fourth-order valence-corrected chi connectivity index (χ4v) is 15.3. The van der Waals surface area contributed by atoms with Crippen LogP contribution in [0.25, 0.3) is 110 Å². The van der Waals surface area contributed by atoms with Gasteiger partial charge in [0.1, 0.15) is 0 Å². The van der Waals surface area contributed by atoms with Gasteiger partial charge in [-0.1, -0.05) is 171 Å². The molecule has 0 aliphatic heterocycles. The van der Waals surface area contributed by atoms with Crippen molar-refractivity contribution in [1.29, 1.82) is 0 Å². The molecular weight excluding hydrogens is 857 g/mol. The van der Waals surface area contributed by atoms with Crippen molar-refractivity contribution < 1.29 is 0 Å². The first kappa shape index (κ1) is 41.1. The van der Waals surface area contributed by atoms with Crippen LogP contribution in [0.15, 0.2) is 194 Å². The van der Waals surface area contributed by atoms with E-state index in [1.807, 2.05) is 0 Å². The van der Waals surface area contributed by atoms with Crippen molar-refractivity contribution in [2.45, 2.75) is 58.8 Å². The minimum Gasteiger partial charge on any atom is -0.309 e. The van der Waals surface area contributed by atoms with Crippen LogP contribution in [-0.4, -0.2) is 9.13 Å². The van der Waals surface area contributed by atoms with E-state index in [-0.39, 0.29) is 5.41 Å². The SMILES string of the molecule is Cc1ccc2c(-n3c4ccccc4c4ccc(-c5ccc6c7ccccc7n(-c7cccc8ccccc78)c6c5)cc43)c(C)cc(-c3ccc4c(c3)C3(c5ccccc5-4)C(C)CC4CC(C)CC3C4)c2c1. The summed E-state index contributed by atoms with van der Waals surface area (Å²) < 4.78 is 5.06. The molecule has 0 N–H and O–H groups in total. The summed E-state index contributed by atoms with van der Waals surface area (Å²) in [6.07, 6.45) is 5.39. The molecule has 342 valence electrons. The first-order valence-corrected chi connectivity index (χ1v) is 26.2.